The topological polar surface area (TPSA) is 49.9 Å². The minimum atomic E-state index is 0.176. The van der Waals surface area contributed by atoms with Crippen molar-refractivity contribution in [3.05, 3.63) is 42.2 Å². The fourth-order valence-electron chi connectivity index (χ4n) is 1.78. The van der Waals surface area contributed by atoms with Gasteiger partial charge < -0.3 is 10.1 Å². The van der Waals surface area contributed by atoms with Crippen LogP contribution in [0, 0.1) is 0 Å². The van der Waals surface area contributed by atoms with Crippen LogP contribution >= 0.6 is 0 Å². The summed E-state index contributed by atoms with van der Waals surface area (Å²) in [5, 5.41) is 10.1. The molecular formula is C13H17N3O. The second-order valence-corrected chi connectivity index (χ2v) is 3.82. The summed E-state index contributed by atoms with van der Waals surface area (Å²) in [5.74, 6) is 0.929. The Balaban J connectivity index is 2.15. The number of hydrogen-bond acceptors (Lipinski definition) is 3. The molecule has 0 spiro atoms. The average molecular weight is 231 g/mol. The number of benzene rings is 1. The number of aromatic amines is 1. The number of rotatable bonds is 5. The highest BCUT2D eigenvalue weighted by Gasteiger charge is 2.11. The van der Waals surface area contributed by atoms with Crippen LogP contribution in [0.5, 0.6) is 5.75 Å². The Hall–Kier alpha value is -1.97. The molecule has 1 unspecified atom stereocenters. The molecule has 0 saturated heterocycles. The maximum Gasteiger partial charge on any atom is 0.124 e. The number of anilines is 1. The van der Waals surface area contributed by atoms with Crippen LogP contribution in [-0.2, 0) is 0 Å². The minimum absolute atomic E-state index is 0.176. The molecule has 1 heterocycles. The van der Waals surface area contributed by atoms with Crippen molar-refractivity contribution in [1.82, 2.24) is 10.2 Å². The van der Waals surface area contributed by atoms with Crippen molar-refractivity contribution in [3.8, 4) is 5.75 Å². The van der Waals surface area contributed by atoms with E-state index in [1.165, 1.54) is 0 Å². The summed E-state index contributed by atoms with van der Waals surface area (Å²) in [7, 11) is 0. The van der Waals surface area contributed by atoms with E-state index >= 15 is 0 Å². The van der Waals surface area contributed by atoms with Crippen LogP contribution in [0.2, 0.25) is 0 Å². The first-order valence-corrected chi connectivity index (χ1v) is 5.78. The Morgan fingerprint density at radius 1 is 1.41 bits per heavy atom. The Kier molecular flexibility index (Phi) is 3.65. The second kappa shape index (κ2) is 5.39. The van der Waals surface area contributed by atoms with Crippen molar-refractivity contribution < 1.29 is 4.74 Å². The van der Waals surface area contributed by atoms with Crippen LogP contribution in [-0.4, -0.2) is 16.8 Å². The molecule has 0 saturated carbocycles. The zero-order chi connectivity index (χ0) is 12.1. The summed E-state index contributed by atoms with van der Waals surface area (Å²) in [6, 6.07) is 8.25. The fourth-order valence-corrected chi connectivity index (χ4v) is 1.78. The van der Waals surface area contributed by atoms with Gasteiger partial charge in [0.2, 0.25) is 0 Å². The monoisotopic (exact) mass is 231 g/mol. The SMILES string of the molecule is CCOc1ccccc1C(C)Nc1cn[nH]c1. The van der Waals surface area contributed by atoms with Gasteiger partial charge in [-0.1, -0.05) is 18.2 Å². The highest BCUT2D eigenvalue weighted by atomic mass is 16.5. The Morgan fingerprint density at radius 3 is 2.94 bits per heavy atom. The molecule has 2 rings (SSSR count). The van der Waals surface area contributed by atoms with Crippen molar-refractivity contribution in [3.63, 3.8) is 0 Å². The maximum atomic E-state index is 5.61. The van der Waals surface area contributed by atoms with Gasteiger partial charge in [-0.25, -0.2) is 0 Å². The number of hydrogen-bond donors (Lipinski definition) is 2. The smallest absolute Gasteiger partial charge is 0.124 e. The highest BCUT2D eigenvalue weighted by Crippen LogP contribution is 2.27. The number of aromatic nitrogens is 2. The molecule has 1 atom stereocenters. The molecular weight excluding hydrogens is 214 g/mol. The molecule has 90 valence electrons. The van der Waals surface area contributed by atoms with Crippen LogP contribution < -0.4 is 10.1 Å². The molecule has 1 aromatic heterocycles. The first-order valence-electron chi connectivity index (χ1n) is 5.78. The van der Waals surface area contributed by atoms with Crippen LogP contribution in [0.3, 0.4) is 0 Å². The molecule has 0 radical (unpaired) electrons. The second-order valence-electron chi connectivity index (χ2n) is 3.82. The molecule has 4 heteroatoms. The Bertz CT molecular complexity index is 453. The lowest BCUT2D eigenvalue weighted by Gasteiger charge is -2.17. The molecule has 0 aliphatic rings. The molecule has 4 nitrogen and oxygen atoms in total. The van der Waals surface area contributed by atoms with Crippen LogP contribution in [0.1, 0.15) is 25.5 Å². The summed E-state index contributed by atoms with van der Waals surface area (Å²) < 4.78 is 5.61. The molecule has 0 fully saturated rings. The van der Waals surface area contributed by atoms with Gasteiger partial charge in [-0.05, 0) is 19.9 Å². The third-order valence-corrected chi connectivity index (χ3v) is 2.57. The number of para-hydroxylation sites is 1. The van der Waals surface area contributed by atoms with E-state index in [2.05, 4.69) is 28.5 Å². The minimum Gasteiger partial charge on any atom is -0.494 e. The predicted octanol–water partition coefficient (Wildman–Crippen LogP) is 2.98. The van der Waals surface area contributed by atoms with Crippen molar-refractivity contribution in [2.45, 2.75) is 19.9 Å². The molecule has 2 N–H and O–H groups in total. The van der Waals surface area contributed by atoms with Crippen molar-refractivity contribution in [1.29, 1.82) is 0 Å². The Labute approximate surface area is 101 Å². The number of nitrogens with one attached hydrogen (secondary N) is 2. The first-order chi connectivity index (χ1) is 8.31. The van der Waals surface area contributed by atoms with E-state index in [4.69, 9.17) is 4.74 Å². The number of ether oxygens (including phenoxy) is 1. The summed E-state index contributed by atoms with van der Waals surface area (Å²) >= 11 is 0. The summed E-state index contributed by atoms with van der Waals surface area (Å²) in [6.45, 7) is 4.77. The van der Waals surface area contributed by atoms with Gasteiger partial charge in [-0.2, -0.15) is 5.10 Å². The maximum absolute atomic E-state index is 5.61. The van der Waals surface area contributed by atoms with Crippen molar-refractivity contribution in [2.75, 3.05) is 11.9 Å². The van der Waals surface area contributed by atoms with E-state index in [1.807, 2.05) is 31.3 Å². The Morgan fingerprint density at radius 2 is 2.24 bits per heavy atom. The van der Waals surface area contributed by atoms with Gasteiger partial charge in [0.1, 0.15) is 5.75 Å². The van der Waals surface area contributed by atoms with Gasteiger partial charge in [0.05, 0.1) is 24.5 Å². The molecule has 0 bridgehead atoms. The van der Waals surface area contributed by atoms with Gasteiger partial charge >= 0.3 is 0 Å². The predicted molar refractivity (Wildman–Crippen MR) is 68.2 cm³/mol. The lowest BCUT2D eigenvalue weighted by atomic mass is 10.1. The fraction of sp³-hybridized carbons (Fsp3) is 0.308. The lowest BCUT2D eigenvalue weighted by Crippen LogP contribution is -2.08. The quantitative estimate of drug-likeness (QED) is 0.831. The molecule has 1 aromatic carbocycles. The molecule has 2 aromatic rings. The summed E-state index contributed by atoms with van der Waals surface area (Å²) in [5.41, 5.74) is 2.12. The van der Waals surface area contributed by atoms with E-state index < -0.39 is 0 Å². The van der Waals surface area contributed by atoms with Gasteiger partial charge in [-0.15, -0.1) is 0 Å². The van der Waals surface area contributed by atoms with Crippen LogP contribution in [0.25, 0.3) is 0 Å². The molecule has 17 heavy (non-hydrogen) atoms. The normalized spacial score (nSPS) is 12.1. The van der Waals surface area contributed by atoms with Gasteiger partial charge in [0.25, 0.3) is 0 Å². The largest absolute Gasteiger partial charge is 0.494 e. The van der Waals surface area contributed by atoms with Gasteiger partial charge in [0.15, 0.2) is 0 Å². The zero-order valence-corrected chi connectivity index (χ0v) is 10.1. The standard InChI is InChI=1S/C13H17N3O/c1-3-17-13-7-5-4-6-12(13)10(2)16-11-8-14-15-9-11/h4-10,16H,3H2,1-2H3,(H,14,15). The number of H-pyrrole nitrogens is 1. The summed E-state index contributed by atoms with van der Waals surface area (Å²) in [6.07, 6.45) is 3.60. The van der Waals surface area contributed by atoms with Gasteiger partial charge in [0, 0.05) is 11.8 Å². The first kappa shape index (κ1) is 11.5. The molecule has 0 amide bonds. The third-order valence-electron chi connectivity index (χ3n) is 2.57. The van der Waals surface area contributed by atoms with Gasteiger partial charge in [-0.3, -0.25) is 5.10 Å². The van der Waals surface area contributed by atoms with Crippen LogP contribution in [0.4, 0.5) is 5.69 Å². The molecule has 0 aliphatic carbocycles. The number of nitrogens with zero attached hydrogens (tertiary/aromatic N) is 1. The summed E-state index contributed by atoms with van der Waals surface area (Å²) in [4.78, 5) is 0. The van der Waals surface area contributed by atoms with E-state index in [-0.39, 0.29) is 6.04 Å². The zero-order valence-electron chi connectivity index (χ0n) is 10.1. The van der Waals surface area contributed by atoms with E-state index in [9.17, 15) is 0 Å². The highest BCUT2D eigenvalue weighted by molar-refractivity contribution is 5.44. The van der Waals surface area contributed by atoms with E-state index in [0.29, 0.717) is 6.61 Å². The molecule has 0 aliphatic heterocycles. The van der Waals surface area contributed by atoms with Crippen LogP contribution in [0.15, 0.2) is 36.7 Å². The van der Waals surface area contributed by atoms with Crippen molar-refractivity contribution in [2.24, 2.45) is 0 Å². The average Bonchev–Trinajstić information content (AvgIpc) is 2.83. The van der Waals surface area contributed by atoms with E-state index in [1.54, 1.807) is 6.20 Å². The lowest BCUT2D eigenvalue weighted by molar-refractivity contribution is 0.335. The van der Waals surface area contributed by atoms with Crippen molar-refractivity contribution >= 4 is 5.69 Å². The third kappa shape index (κ3) is 2.78. The van der Waals surface area contributed by atoms with E-state index in [0.717, 1.165) is 17.0 Å².